The van der Waals surface area contributed by atoms with Crippen molar-refractivity contribution in [1.82, 2.24) is 4.90 Å². The number of phenols is 1. The van der Waals surface area contributed by atoms with E-state index in [4.69, 9.17) is 12.2 Å². The van der Waals surface area contributed by atoms with Crippen LogP contribution >= 0.6 is 24.0 Å². The van der Waals surface area contributed by atoms with E-state index >= 15 is 0 Å². The fraction of sp³-hybridized carbons (Fsp3) is 0.519. The van der Waals surface area contributed by atoms with E-state index in [-0.39, 0.29) is 16.1 Å². The maximum atomic E-state index is 11.2. The van der Waals surface area contributed by atoms with Crippen LogP contribution in [0.2, 0.25) is 0 Å². The second-order valence-corrected chi connectivity index (χ2v) is 12.4. The molecule has 4 heteroatoms. The number of hydrogen-bond acceptors (Lipinski definition) is 3. The van der Waals surface area contributed by atoms with Crippen LogP contribution in [-0.2, 0) is 10.8 Å². The summed E-state index contributed by atoms with van der Waals surface area (Å²) in [4.78, 5) is 2.37. The van der Waals surface area contributed by atoms with Crippen molar-refractivity contribution in [1.29, 1.82) is 0 Å². The predicted octanol–water partition coefficient (Wildman–Crippen LogP) is 7.58. The predicted molar refractivity (Wildman–Crippen MR) is 139 cm³/mol. The number of benzene rings is 2. The van der Waals surface area contributed by atoms with Gasteiger partial charge in [0.05, 0.1) is 5.25 Å². The van der Waals surface area contributed by atoms with Gasteiger partial charge in [0.25, 0.3) is 0 Å². The summed E-state index contributed by atoms with van der Waals surface area (Å²) in [5, 5.41) is 11.3. The van der Waals surface area contributed by atoms with Gasteiger partial charge in [-0.2, -0.15) is 0 Å². The van der Waals surface area contributed by atoms with Crippen LogP contribution in [0.4, 0.5) is 0 Å². The van der Waals surface area contributed by atoms with Crippen molar-refractivity contribution in [2.45, 2.75) is 76.9 Å². The molecule has 3 rings (SSSR count). The van der Waals surface area contributed by atoms with Crippen molar-refractivity contribution < 1.29 is 5.11 Å². The van der Waals surface area contributed by atoms with Gasteiger partial charge in [0.1, 0.15) is 10.1 Å². The molecule has 0 aromatic heterocycles. The van der Waals surface area contributed by atoms with Gasteiger partial charge in [-0.25, -0.2) is 0 Å². The van der Waals surface area contributed by atoms with E-state index < -0.39 is 0 Å². The zero-order chi connectivity index (χ0) is 22.8. The molecular formula is C27H37NOS2. The van der Waals surface area contributed by atoms with E-state index in [1.807, 2.05) is 0 Å². The number of rotatable bonds is 3. The van der Waals surface area contributed by atoms with Crippen LogP contribution < -0.4 is 0 Å². The van der Waals surface area contributed by atoms with Gasteiger partial charge in [-0.1, -0.05) is 108 Å². The van der Waals surface area contributed by atoms with Crippen LogP contribution in [0.3, 0.4) is 0 Å². The molecule has 1 atom stereocenters. The van der Waals surface area contributed by atoms with Crippen LogP contribution in [0.5, 0.6) is 5.75 Å². The lowest BCUT2D eigenvalue weighted by Gasteiger charge is -2.32. The molecule has 1 aliphatic heterocycles. The van der Waals surface area contributed by atoms with Gasteiger partial charge in [-0.15, -0.1) is 0 Å². The minimum atomic E-state index is -0.153. The molecule has 1 N–H and O–H groups in total. The number of likely N-dealkylation sites (tertiary alicyclic amines) is 1. The van der Waals surface area contributed by atoms with Crippen LogP contribution in [0, 0.1) is 0 Å². The minimum Gasteiger partial charge on any atom is -0.507 e. The fourth-order valence-corrected chi connectivity index (χ4v) is 5.73. The fourth-order valence-electron chi connectivity index (χ4n) is 4.16. The molecule has 2 nitrogen and oxygen atoms in total. The topological polar surface area (TPSA) is 23.5 Å². The Morgan fingerprint density at radius 1 is 0.871 bits per heavy atom. The molecule has 1 aliphatic rings. The molecule has 0 amide bonds. The third kappa shape index (κ3) is 5.84. The lowest BCUT2D eigenvalue weighted by molar-refractivity contribution is 0.352. The van der Waals surface area contributed by atoms with Gasteiger partial charge in [0.2, 0.25) is 0 Å². The number of nitrogens with zero attached hydrogens (tertiary/aromatic N) is 1. The Morgan fingerprint density at radius 2 is 1.39 bits per heavy atom. The van der Waals surface area contributed by atoms with Gasteiger partial charge in [-0.3, -0.25) is 0 Å². The average Bonchev–Trinajstić information content (AvgIpc) is 2.72. The first-order valence-electron chi connectivity index (χ1n) is 11.4. The summed E-state index contributed by atoms with van der Waals surface area (Å²) in [7, 11) is 0. The Labute approximate surface area is 198 Å². The highest BCUT2D eigenvalue weighted by Crippen LogP contribution is 2.45. The third-order valence-electron chi connectivity index (χ3n) is 5.99. The van der Waals surface area contributed by atoms with E-state index in [0.717, 1.165) is 28.5 Å². The Morgan fingerprint density at radius 3 is 1.87 bits per heavy atom. The van der Waals surface area contributed by atoms with Crippen LogP contribution in [0.25, 0.3) is 0 Å². The zero-order valence-electron chi connectivity index (χ0n) is 19.9. The smallest absolute Gasteiger partial charge is 0.137 e. The first-order valence-corrected chi connectivity index (χ1v) is 12.7. The summed E-state index contributed by atoms with van der Waals surface area (Å²) in [6, 6.07) is 15.0. The molecule has 1 heterocycles. The molecule has 0 spiro atoms. The molecule has 168 valence electrons. The lowest BCUT2D eigenvalue weighted by Crippen LogP contribution is -2.33. The maximum Gasteiger partial charge on any atom is 0.137 e. The first kappa shape index (κ1) is 24.1. The Kier molecular flexibility index (Phi) is 7.43. The SMILES string of the molecule is CC(C)(C)c1cc(C(SC(=S)N2CCCCC2)c2ccccc2)cc(C(C)(C)C)c1O. The van der Waals surface area contributed by atoms with E-state index in [0.29, 0.717) is 5.75 Å². The summed E-state index contributed by atoms with van der Waals surface area (Å²) in [6.07, 6.45) is 3.74. The molecule has 1 unspecified atom stereocenters. The highest BCUT2D eigenvalue weighted by atomic mass is 32.2. The number of piperidine rings is 1. The average molecular weight is 456 g/mol. The zero-order valence-corrected chi connectivity index (χ0v) is 21.5. The van der Waals surface area contributed by atoms with E-state index in [1.165, 1.54) is 30.4 Å². The van der Waals surface area contributed by atoms with E-state index in [1.54, 1.807) is 11.8 Å². The Hall–Kier alpha value is -1.52. The molecule has 0 saturated carbocycles. The third-order valence-corrected chi connectivity index (χ3v) is 7.77. The Balaban J connectivity index is 2.11. The van der Waals surface area contributed by atoms with Crippen molar-refractivity contribution >= 4 is 28.3 Å². The molecule has 1 fully saturated rings. The molecule has 2 aromatic carbocycles. The monoisotopic (exact) mass is 455 g/mol. The quantitative estimate of drug-likeness (QED) is 0.482. The van der Waals surface area contributed by atoms with Crippen molar-refractivity contribution in [3.8, 4) is 5.75 Å². The summed E-state index contributed by atoms with van der Waals surface area (Å²) < 4.78 is 0.983. The first-order chi connectivity index (χ1) is 14.5. The molecule has 0 radical (unpaired) electrons. The molecule has 0 aliphatic carbocycles. The second-order valence-electron chi connectivity index (χ2n) is 10.7. The molecule has 1 saturated heterocycles. The summed E-state index contributed by atoms with van der Waals surface area (Å²) >= 11 is 7.71. The van der Waals surface area contributed by atoms with Crippen LogP contribution in [-0.4, -0.2) is 27.4 Å². The number of thiocarbonyl (C=S) groups is 1. The van der Waals surface area contributed by atoms with Gasteiger partial charge >= 0.3 is 0 Å². The van der Waals surface area contributed by atoms with Crippen LogP contribution in [0.1, 0.15) is 88.3 Å². The number of aromatic hydroxyl groups is 1. The maximum absolute atomic E-state index is 11.2. The summed E-state index contributed by atoms with van der Waals surface area (Å²) in [5.74, 6) is 0.430. The highest BCUT2D eigenvalue weighted by Gasteiger charge is 2.30. The van der Waals surface area contributed by atoms with E-state index in [2.05, 4.69) is 88.9 Å². The van der Waals surface area contributed by atoms with Crippen molar-refractivity contribution in [2.24, 2.45) is 0 Å². The lowest BCUT2D eigenvalue weighted by atomic mass is 9.78. The molecule has 31 heavy (non-hydrogen) atoms. The van der Waals surface area contributed by atoms with Crippen LogP contribution in [0.15, 0.2) is 42.5 Å². The van der Waals surface area contributed by atoms with E-state index in [9.17, 15) is 5.11 Å². The summed E-state index contributed by atoms with van der Waals surface area (Å²) in [5.41, 5.74) is 4.15. The van der Waals surface area contributed by atoms with Crippen molar-refractivity contribution in [3.05, 3.63) is 64.7 Å². The van der Waals surface area contributed by atoms with Gasteiger partial charge in [-0.05, 0) is 52.3 Å². The van der Waals surface area contributed by atoms with Crippen molar-refractivity contribution in [2.75, 3.05) is 13.1 Å². The minimum absolute atomic E-state index is 0.0958. The number of thioether (sulfide) groups is 1. The molecule has 2 aromatic rings. The van der Waals surface area contributed by atoms with Gasteiger partial charge in [0, 0.05) is 13.1 Å². The second kappa shape index (κ2) is 9.54. The Bertz CT molecular complexity index is 868. The molecule has 0 bridgehead atoms. The summed E-state index contributed by atoms with van der Waals surface area (Å²) in [6.45, 7) is 15.1. The highest BCUT2D eigenvalue weighted by molar-refractivity contribution is 8.23. The molecular weight excluding hydrogens is 418 g/mol. The van der Waals surface area contributed by atoms with Gasteiger partial charge < -0.3 is 10.0 Å². The largest absolute Gasteiger partial charge is 0.507 e. The number of hydrogen-bond donors (Lipinski definition) is 1. The van der Waals surface area contributed by atoms with Crippen molar-refractivity contribution in [3.63, 3.8) is 0 Å². The standard InChI is InChI=1S/C27H37NOS2/c1-26(2,3)21-17-20(18-22(23(21)29)27(4,5)6)24(19-13-9-7-10-14-19)31-25(30)28-15-11-8-12-16-28/h7,9-10,13-14,17-18,24,29H,8,11-12,15-16H2,1-6H3. The normalized spacial score (nSPS) is 16.3. The number of phenolic OH excluding ortho intramolecular Hbond substituents is 1. The van der Waals surface area contributed by atoms with Gasteiger partial charge in [0.15, 0.2) is 0 Å².